The third-order valence-electron chi connectivity index (χ3n) is 1.37. The second-order valence-electron chi connectivity index (χ2n) is 1.93. The summed E-state index contributed by atoms with van der Waals surface area (Å²) >= 11 is 1.78. The Morgan fingerprint density at radius 3 is 2.29 bits per heavy atom. The topological polar surface area (TPSA) is 0 Å². The molecule has 1 aliphatic rings. The zero-order valence-corrected chi connectivity index (χ0v) is 5.17. The fourth-order valence-corrected chi connectivity index (χ4v) is 1.50. The van der Waals surface area contributed by atoms with Crippen molar-refractivity contribution in [2.45, 2.75) is 24.3 Å². The van der Waals surface area contributed by atoms with Crippen molar-refractivity contribution in [3.63, 3.8) is 0 Å². The van der Waals surface area contributed by atoms with Crippen LogP contribution in [0, 0.1) is 0 Å². The van der Waals surface area contributed by atoms with E-state index in [4.69, 9.17) is 0 Å². The van der Waals surface area contributed by atoms with Gasteiger partial charge < -0.3 is 0 Å². The van der Waals surface area contributed by atoms with Crippen LogP contribution in [-0.4, -0.2) is 17.7 Å². The predicted octanol–water partition coefficient (Wildman–Crippen LogP) is 1.85. The number of thioether (sulfide) groups is 1. The summed E-state index contributed by atoms with van der Waals surface area (Å²) in [4.78, 5) is 0. The van der Waals surface area contributed by atoms with Gasteiger partial charge in [-0.1, -0.05) is 0 Å². The number of halogens is 1. The lowest BCUT2D eigenvalue weighted by molar-refractivity contribution is 0.220. The molecular formula is C5H9FS. The van der Waals surface area contributed by atoms with Gasteiger partial charge in [-0.15, -0.1) is 0 Å². The summed E-state index contributed by atoms with van der Waals surface area (Å²) in [6, 6.07) is 0. The van der Waals surface area contributed by atoms with Gasteiger partial charge in [0.15, 0.2) is 0 Å². The van der Waals surface area contributed by atoms with E-state index in [0.717, 1.165) is 12.8 Å². The van der Waals surface area contributed by atoms with Gasteiger partial charge >= 0.3 is 0 Å². The van der Waals surface area contributed by atoms with E-state index >= 15 is 0 Å². The first-order valence-electron chi connectivity index (χ1n) is 2.50. The van der Waals surface area contributed by atoms with Crippen LogP contribution >= 0.6 is 11.8 Å². The Morgan fingerprint density at radius 1 is 1.57 bits per heavy atom. The number of hydrogen-bond donors (Lipinski definition) is 0. The maximum atomic E-state index is 11.9. The second kappa shape index (κ2) is 2.03. The molecule has 1 saturated carbocycles. The van der Waals surface area contributed by atoms with Gasteiger partial charge in [0.1, 0.15) is 6.17 Å². The highest BCUT2D eigenvalue weighted by atomic mass is 32.2. The molecule has 0 saturated heterocycles. The van der Waals surface area contributed by atoms with Gasteiger partial charge in [0.2, 0.25) is 0 Å². The zero-order valence-electron chi connectivity index (χ0n) is 4.36. The van der Waals surface area contributed by atoms with Gasteiger partial charge in [-0.2, -0.15) is 11.8 Å². The fourth-order valence-electron chi connectivity index (χ4n) is 0.694. The molecule has 0 aromatic heterocycles. The maximum absolute atomic E-state index is 11.9. The highest BCUT2D eigenvalue weighted by molar-refractivity contribution is 7.99. The van der Waals surface area contributed by atoms with Crippen molar-refractivity contribution in [2.75, 3.05) is 6.26 Å². The molecule has 1 rings (SSSR count). The van der Waals surface area contributed by atoms with E-state index in [9.17, 15) is 4.39 Å². The van der Waals surface area contributed by atoms with Gasteiger partial charge in [0, 0.05) is 5.25 Å². The van der Waals surface area contributed by atoms with E-state index in [2.05, 4.69) is 0 Å². The molecule has 0 aromatic rings. The molecule has 0 N–H and O–H groups in total. The van der Waals surface area contributed by atoms with Crippen molar-refractivity contribution in [2.24, 2.45) is 0 Å². The summed E-state index contributed by atoms with van der Waals surface area (Å²) < 4.78 is 11.9. The van der Waals surface area contributed by atoms with Gasteiger partial charge in [-0.05, 0) is 19.1 Å². The first-order valence-corrected chi connectivity index (χ1v) is 3.78. The molecule has 0 aromatic carbocycles. The van der Waals surface area contributed by atoms with Gasteiger partial charge in [-0.25, -0.2) is 4.39 Å². The summed E-state index contributed by atoms with van der Waals surface area (Å²) in [7, 11) is 0. The van der Waals surface area contributed by atoms with Crippen molar-refractivity contribution in [1.29, 1.82) is 0 Å². The van der Waals surface area contributed by atoms with Crippen LogP contribution in [0.1, 0.15) is 12.8 Å². The highest BCUT2D eigenvalue weighted by Crippen LogP contribution is 2.31. The first-order chi connectivity index (χ1) is 3.33. The number of alkyl halides is 1. The third kappa shape index (κ3) is 1.09. The molecule has 0 atom stereocenters. The van der Waals surface area contributed by atoms with Crippen molar-refractivity contribution in [3.8, 4) is 0 Å². The summed E-state index contributed by atoms with van der Waals surface area (Å²) in [5.41, 5.74) is 0. The van der Waals surface area contributed by atoms with E-state index in [1.54, 1.807) is 11.8 Å². The standard InChI is InChI=1S/C5H9FS/c1-7-5-2-4(6)3-5/h4-5H,2-3H2,1H3/t4-,5+. The van der Waals surface area contributed by atoms with E-state index < -0.39 is 6.17 Å². The Kier molecular flexibility index (Phi) is 1.57. The molecule has 0 radical (unpaired) electrons. The molecule has 0 nitrogen and oxygen atoms in total. The van der Waals surface area contributed by atoms with Crippen molar-refractivity contribution in [3.05, 3.63) is 0 Å². The molecule has 1 aliphatic carbocycles. The lowest BCUT2D eigenvalue weighted by Gasteiger charge is -2.27. The average Bonchev–Trinajstić information content (AvgIpc) is 1.58. The van der Waals surface area contributed by atoms with Gasteiger partial charge in [0.05, 0.1) is 0 Å². The van der Waals surface area contributed by atoms with Gasteiger partial charge in [-0.3, -0.25) is 0 Å². The molecule has 2 heteroatoms. The van der Waals surface area contributed by atoms with Crippen LogP contribution in [0.15, 0.2) is 0 Å². The minimum Gasteiger partial charge on any atom is -0.247 e. The van der Waals surface area contributed by atoms with Crippen molar-refractivity contribution < 1.29 is 4.39 Å². The van der Waals surface area contributed by atoms with Crippen LogP contribution in [0.4, 0.5) is 4.39 Å². The quantitative estimate of drug-likeness (QED) is 0.509. The lowest BCUT2D eigenvalue weighted by atomic mass is 9.97. The van der Waals surface area contributed by atoms with Crippen LogP contribution in [0.5, 0.6) is 0 Å². The third-order valence-corrected chi connectivity index (χ3v) is 2.42. The molecule has 7 heavy (non-hydrogen) atoms. The molecule has 0 spiro atoms. The molecule has 0 unspecified atom stereocenters. The molecule has 0 amide bonds. The van der Waals surface area contributed by atoms with Crippen LogP contribution < -0.4 is 0 Å². The van der Waals surface area contributed by atoms with Crippen LogP contribution in [0.3, 0.4) is 0 Å². The molecule has 42 valence electrons. The fraction of sp³-hybridized carbons (Fsp3) is 1.00. The van der Waals surface area contributed by atoms with E-state index in [-0.39, 0.29) is 0 Å². The summed E-state index contributed by atoms with van der Waals surface area (Å²) in [5.74, 6) is 0. The monoisotopic (exact) mass is 120 g/mol. The lowest BCUT2D eigenvalue weighted by Crippen LogP contribution is -2.26. The minimum absolute atomic E-state index is 0.475. The Morgan fingerprint density at radius 2 is 2.14 bits per heavy atom. The van der Waals surface area contributed by atoms with Gasteiger partial charge in [0.25, 0.3) is 0 Å². The highest BCUT2D eigenvalue weighted by Gasteiger charge is 2.27. The van der Waals surface area contributed by atoms with Crippen molar-refractivity contribution >= 4 is 11.8 Å². The Balaban J connectivity index is 2.06. The average molecular weight is 120 g/mol. The number of hydrogen-bond acceptors (Lipinski definition) is 1. The normalized spacial score (nSPS) is 40.3. The van der Waals surface area contributed by atoms with Crippen LogP contribution in [0.25, 0.3) is 0 Å². The molecule has 0 heterocycles. The summed E-state index contributed by atoms with van der Waals surface area (Å²) in [5, 5.41) is 0.634. The molecular weight excluding hydrogens is 111 g/mol. The largest absolute Gasteiger partial charge is 0.247 e. The summed E-state index contributed by atoms with van der Waals surface area (Å²) in [6.45, 7) is 0. The SMILES string of the molecule is CS[C@H]1C[C@@H](F)C1. The molecule has 0 bridgehead atoms. The van der Waals surface area contributed by atoms with E-state index in [0.29, 0.717) is 5.25 Å². The predicted molar refractivity (Wildman–Crippen MR) is 31.4 cm³/mol. The zero-order chi connectivity index (χ0) is 5.28. The molecule has 1 fully saturated rings. The Labute approximate surface area is 47.5 Å². The minimum atomic E-state index is -0.475. The van der Waals surface area contributed by atoms with Crippen LogP contribution in [-0.2, 0) is 0 Å². The molecule has 0 aliphatic heterocycles. The smallest absolute Gasteiger partial charge is 0.102 e. The second-order valence-corrected chi connectivity index (χ2v) is 3.06. The van der Waals surface area contributed by atoms with E-state index in [1.165, 1.54) is 0 Å². The Bertz CT molecular complexity index is 59.1. The first kappa shape index (κ1) is 5.42. The Hall–Kier alpha value is 0.280. The number of rotatable bonds is 1. The maximum Gasteiger partial charge on any atom is 0.102 e. The van der Waals surface area contributed by atoms with Crippen molar-refractivity contribution in [1.82, 2.24) is 0 Å². The van der Waals surface area contributed by atoms with Crippen LogP contribution in [0.2, 0.25) is 0 Å². The summed E-state index contributed by atoms with van der Waals surface area (Å²) in [6.07, 6.45) is 3.15. The van der Waals surface area contributed by atoms with E-state index in [1.807, 2.05) is 6.26 Å².